The van der Waals surface area contributed by atoms with Gasteiger partial charge in [0.1, 0.15) is 11.3 Å². The molecule has 0 saturated carbocycles. The van der Waals surface area contributed by atoms with Gasteiger partial charge in [-0.3, -0.25) is 19.3 Å². The number of nitrogens with one attached hydrogen (secondary N) is 1. The van der Waals surface area contributed by atoms with Crippen molar-refractivity contribution in [1.82, 2.24) is 9.55 Å². The highest BCUT2D eigenvalue weighted by Gasteiger charge is 2.13. The van der Waals surface area contributed by atoms with Crippen LogP contribution in [0.1, 0.15) is 37.8 Å². The lowest BCUT2D eigenvalue weighted by Gasteiger charge is -2.12. The molecule has 0 saturated heterocycles. The fourth-order valence-corrected chi connectivity index (χ4v) is 3.12. The van der Waals surface area contributed by atoms with Crippen molar-refractivity contribution < 1.29 is 9.84 Å². The van der Waals surface area contributed by atoms with Gasteiger partial charge in [-0.2, -0.15) is 0 Å². The van der Waals surface area contributed by atoms with Gasteiger partial charge in [0.25, 0.3) is 5.56 Å². The molecule has 0 bridgehead atoms. The van der Waals surface area contributed by atoms with Crippen LogP contribution in [0.3, 0.4) is 0 Å². The van der Waals surface area contributed by atoms with Gasteiger partial charge in [-0.05, 0) is 67.0 Å². The number of ether oxygens (including phenoxy) is 1. The first kappa shape index (κ1) is 20.5. The molecule has 29 heavy (non-hydrogen) atoms. The number of benzene rings is 2. The van der Waals surface area contributed by atoms with Gasteiger partial charge in [0, 0.05) is 6.21 Å². The molecule has 0 amide bonds. The van der Waals surface area contributed by atoms with Gasteiger partial charge in [0.15, 0.2) is 4.77 Å². The first-order valence-electron chi connectivity index (χ1n) is 9.36. The summed E-state index contributed by atoms with van der Waals surface area (Å²) in [6.45, 7) is 6.69. The maximum Gasteiger partial charge on any atom is 0.264 e. The molecule has 2 N–H and O–H groups in total. The standard InChI is InChI=1S/C22H23N3O3S/c1-4-28-18-11-9-17(10-12-18)25-21(27)19(20(26)24-22(25)29)13-23-16-7-5-15(6-8-16)14(2)3/h5-14,27H,4H2,1-3H3,(H,24,26,29). The Labute approximate surface area is 174 Å². The second-order valence-electron chi connectivity index (χ2n) is 6.76. The second-order valence-corrected chi connectivity index (χ2v) is 7.15. The van der Waals surface area contributed by atoms with Gasteiger partial charge in [0.2, 0.25) is 5.88 Å². The van der Waals surface area contributed by atoms with Gasteiger partial charge >= 0.3 is 0 Å². The van der Waals surface area contributed by atoms with Crippen molar-refractivity contribution in [1.29, 1.82) is 0 Å². The zero-order valence-electron chi connectivity index (χ0n) is 16.5. The van der Waals surface area contributed by atoms with Crippen LogP contribution in [0.2, 0.25) is 0 Å². The van der Waals surface area contributed by atoms with E-state index in [0.717, 1.165) is 0 Å². The predicted molar refractivity (Wildman–Crippen MR) is 118 cm³/mol. The fourth-order valence-electron chi connectivity index (χ4n) is 2.84. The maximum atomic E-state index is 12.3. The highest BCUT2D eigenvalue weighted by atomic mass is 32.1. The molecule has 1 heterocycles. The van der Waals surface area contributed by atoms with E-state index in [2.05, 4.69) is 23.8 Å². The quantitative estimate of drug-likeness (QED) is 0.449. The molecule has 0 fully saturated rings. The number of aliphatic imine (C=N–C) groups is 1. The molecule has 0 radical (unpaired) electrons. The summed E-state index contributed by atoms with van der Waals surface area (Å²) >= 11 is 5.24. The van der Waals surface area contributed by atoms with E-state index in [0.29, 0.717) is 29.6 Å². The molecule has 3 rings (SSSR count). The van der Waals surface area contributed by atoms with Crippen LogP contribution in [-0.4, -0.2) is 27.5 Å². The summed E-state index contributed by atoms with van der Waals surface area (Å²) in [5.41, 5.74) is 2.01. The van der Waals surface area contributed by atoms with Crippen LogP contribution in [0.15, 0.2) is 58.3 Å². The maximum absolute atomic E-state index is 12.3. The normalized spacial score (nSPS) is 11.3. The molecule has 6 nitrogen and oxygen atoms in total. The largest absolute Gasteiger partial charge is 0.494 e. The van der Waals surface area contributed by atoms with Crippen molar-refractivity contribution in [3.05, 3.63) is 74.8 Å². The SMILES string of the molecule is CCOc1ccc(-n2c(O)c(C=Nc3ccc(C(C)C)cc3)c(=O)[nH]c2=S)cc1. The summed E-state index contributed by atoms with van der Waals surface area (Å²) < 4.78 is 6.91. The van der Waals surface area contributed by atoms with Crippen LogP contribution in [0.25, 0.3) is 5.69 Å². The number of aromatic amines is 1. The van der Waals surface area contributed by atoms with E-state index in [1.165, 1.54) is 16.3 Å². The predicted octanol–water partition coefficient (Wildman–Crippen LogP) is 4.87. The molecule has 150 valence electrons. The molecule has 0 spiro atoms. The highest BCUT2D eigenvalue weighted by molar-refractivity contribution is 7.71. The zero-order valence-corrected chi connectivity index (χ0v) is 17.4. The molecule has 0 aliphatic rings. The molecule has 0 aliphatic carbocycles. The van der Waals surface area contributed by atoms with Gasteiger partial charge < -0.3 is 9.84 Å². The van der Waals surface area contributed by atoms with Crippen LogP contribution in [-0.2, 0) is 0 Å². The van der Waals surface area contributed by atoms with Crippen LogP contribution >= 0.6 is 12.2 Å². The summed E-state index contributed by atoms with van der Waals surface area (Å²) in [5, 5.41) is 10.7. The Hall–Kier alpha value is -3.19. The Kier molecular flexibility index (Phi) is 6.29. The summed E-state index contributed by atoms with van der Waals surface area (Å²) in [7, 11) is 0. The first-order valence-corrected chi connectivity index (χ1v) is 9.77. The highest BCUT2D eigenvalue weighted by Crippen LogP contribution is 2.23. The number of hydrogen-bond donors (Lipinski definition) is 2. The lowest BCUT2D eigenvalue weighted by atomic mass is 10.0. The molecule has 1 aromatic heterocycles. The van der Waals surface area contributed by atoms with E-state index in [9.17, 15) is 9.90 Å². The monoisotopic (exact) mass is 409 g/mol. The second kappa shape index (κ2) is 8.87. The number of rotatable bonds is 6. The average molecular weight is 410 g/mol. The molecule has 0 atom stereocenters. The lowest BCUT2D eigenvalue weighted by Crippen LogP contribution is -2.18. The minimum atomic E-state index is -0.503. The summed E-state index contributed by atoms with van der Waals surface area (Å²) in [4.78, 5) is 19.3. The third-order valence-electron chi connectivity index (χ3n) is 4.43. The van der Waals surface area contributed by atoms with Crippen LogP contribution in [0, 0.1) is 4.77 Å². The van der Waals surface area contributed by atoms with Crippen LogP contribution in [0.4, 0.5) is 5.69 Å². The Morgan fingerprint density at radius 2 is 1.83 bits per heavy atom. The van der Waals surface area contributed by atoms with Crippen molar-refractivity contribution >= 4 is 24.1 Å². The molecular formula is C22H23N3O3S. The number of H-pyrrole nitrogens is 1. The van der Waals surface area contributed by atoms with Crippen LogP contribution < -0.4 is 10.3 Å². The third kappa shape index (κ3) is 4.63. The Bertz CT molecular complexity index is 1130. The van der Waals surface area contributed by atoms with E-state index in [4.69, 9.17) is 17.0 Å². The number of nitrogens with zero attached hydrogens (tertiary/aromatic N) is 2. The third-order valence-corrected chi connectivity index (χ3v) is 4.71. The van der Waals surface area contributed by atoms with Crippen LogP contribution in [0.5, 0.6) is 11.6 Å². The topological polar surface area (TPSA) is 79.6 Å². The first-order chi connectivity index (χ1) is 13.9. The zero-order chi connectivity index (χ0) is 21.0. The van der Waals surface area contributed by atoms with Crippen molar-refractivity contribution in [2.24, 2.45) is 4.99 Å². The Balaban J connectivity index is 1.98. The van der Waals surface area contributed by atoms with Crippen molar-refractivity contribution in [2.45, 2.75) is 26.7 Å². The smallest absolute Gasteiger partial charge is 0.264 e. The Morgan fingerprint density at radius 1 is 1.17 bits per heavy atom. The molecule has 3 aromatic rings. The molecule has 7 heteroatoms. The van der Waals surface area contributed by atoms with E-state index in [-0.39, 0.29) is 16.2 Å². The van der Waals surface area contributed by atoms with Crippen molar-refractivity contribution in [2.75, 3.05) is 6.61 Å². The number of aromatic hydroxyl groups is 1. The van der Waals surface area contributed by atoms with E-state index >= 15 is 0 Å². The summed E-state index contributed by atoms with van der Waals surface area (Å²) in [6, 6.07) is 14.8. The minimum Gasteiger partial charge on any atom is -0.494 e. The number of hydrogen-bond acceptors (Lipinski definition) is 5. The van der Waals surface area contributed by atoms with E-state index in [1.807, 2.05) is 31.2 Å². The Morgan fingerprint density at radius 3 is 2.41 bits per heavy atom. The molecule has 0 aliphatic heterocycles. The summed E-state index contributed by atoms with van der Waals surface area (Å²) in [6.07, 6.45) is 1.35. The minimum absolute atomic E-state index is 0.0282. The molecule has 0 unspecified atom stereocenters. The lowest BCUT2D eigenvalue weighted by molar-refractivity contribution is 0.340. The van der Waals surface area contributed by atoms with E-state index < -0.39 is 5.56 Å². The van der Waals surface area contributed by atoms with Crippen molar-refractivity contribution in [3.8, 4) is 17.3 Å². The average Bonchev–Trinajstić information content (AvgIpc) is 2.69. The molecule has 2 aromatic carbocycles. The van der Waals surface area contributed by atoms with Crippen molar-refractivity contribution in [3.63, 3.8) is 0 Å². The molecular weight excluding hydrogens is 386 g/mol. The van der Waals surface area contributed by atoms with Gasteiger partial charge in [-0.25, -0.2) is 0 Å². The van der Waals surface area contributed by atoms with Gasteiger partial charge in [-0.1, -0.05) is 26.0 Å². The fraction of sp³-hybridized carbons (Fsp3) is 0.227. The van der Waals surface area contributed by atoms with Gasteiger partial charge in [0.05, 0.1) is 18.0 Å². The van der Waals surface area contributed by atoms with E-state index in [1.54, 1.807) is 24.3 Å². The summed E-state index contributed by atoms with van der Waals surface area (Å²) in [5.74, 6) is 0.858. The van der Waals surface area contributed by atoms with Gasteiger partial charge in [-0.15, -0.1) is 0 Å². The number of aromatic nitrogens is 2.